The molecular weight excluding hydrogens is 220 g/mol. The highest BCUT2D eigenvalue weighted by Crippen LogP contribution is 2.31. The molecule has 0 aliphatic carbocycles. The van der Waals surface area contributed by atoms with Gasteiger partial charge in [0.15, 0.2) is 0 Å². The Kier molecular flexibility index (Phi) is 3.38. The number of hydrogen-bond donors (Lipinski definition) is 0. The van der Waals surface area contributed by atoms with E-state index in [-0.39, 0.29) is 29.9 Å². The zero-order valence-electron chi connectivity index (χ0n) is 10.7. The summed E-state index contributed by atoms with van der Waals surface area (Å²) in [6, 6.07) is 0.179. The molecule has 3 atom stereocenters. The van der Waals surface area contributed by atoms with E-state index in [0.29, 0.717) is 13.2 Å². The van der Waals surface area contributed by atoms with Crippen molar-refractivity contribution in [2.75, 3.05) is 27.2 Å². The van der Waals surface area contributed by atoms with Gasteiger partial charge in [-0.1, -0.05) is 0 Å². The predicted octanol–water partition coefficient (Wildman–Crippen LogP) is 0.101. The van der Waals surface area contributed by atoms with Crippen LogP contribution in [0, 0.1) is 5.92 Å². The first-order chi connectivity index (χ1) is 8.00. The molecule has 0 aromatic heterocycles. The predicted molar refractivity (Wildman–Crippen MR) is 62.3 cm³/mol. The molecule has 0 saturated carbocycles. The fourth-order valence-electron chi connectivity index (χ4n) is 2.85. The summed E-state index contributed by atoms with van der Waals surface area (Å²) in [6.45, 7) is 2.80. The molecule has 2 aliphatic rings. The van der Waals surface area contributed by atoms with Gasteiger partial charge >= 0.3 is 0 Å². The average Bonchev–Trinajstić information content (AvgIpc) is 2.73. The van der Waals surface area contributed by atoms with Crippen LogP contribution in [0.3, 0.4) is 0 Å². The van der Waals surface area contributed by atoms with Crippen LogP contribution in [0.1, 0.15) is 19.8 Å². The molecule has 0 aromatic rings. The van der Waals surface area contributed by atoms with Gasteiger partial charge in [-0.2, -0.15) is 0 Å². The lowest BCUT2D eigenvalue weighted by atomic mass is 9.89. The van der Waals surface area contributed by atoms with E-state index < -0.39 is 0 Å². The van der Waals surface area contributed by atoms with Crippen LogP contribution in [0.2, 0.25) is 0 Å². The standard InChI is InChI=1S/C12H20N2O3/c1-8(15)14-7-9(12(16)13(2)3)6-11-10(14)4-5-17-11/h9-11H,4-7H2,1-3H3/t9-,10+,11+/m0/s1. The third kappa shape index (κ3) is 2.29. The molecule has 96 valence electrons. The number of nitrogens with zero attached hydrogens (tertiary/aromatic N) is 2. The Balaban J connectivity index is 2.13. The molecule has 5 heteroatoms. The van der Waals surface area contributed by atoms with Gasteiger partial charge in [0.25, 0.3) is 0 Å². The summed E-state index contributed by atoms with van der Waals surface area (Å²) in [5.41, 5.74) is 0. The number of ether oxygens (including phenoxy) is 1. The van der Waals surface area contributed by atoms with Gasteiger partial charge in [-0.25, -0.2) is 0 Å². The molecule has 2 heterocycles. The van der Waals surface area contributed by atoms with Gasteiger partial charge < -0.3 is 14.5 Å². The lowest BCUT2D eigenvalue weighted by molar-refractivity contribution is -0.144. The van der Waals surface area contributed by atoms with Crippen molar-refractivity contribution in [1.82, 2.24) is 9.80 Å². The highest BCUT2D eigenvalue weighted by molar-refractivity contribution is 5.80. The fraction of sp³-hybridized carbons (Fsp3) is 0.833. The van der Waals surface area contributed by atoms with Crippen molar-refractivity contribution >= 4 is 11.8 Å². The van der Waals surface area contributed by atoms with Crippen LogP contribution in [0.4, 0.5) is 0 Å². The maximum Gasteiger partial charge on any atom is 0.227 e. The molecule has 2 amide bonds. The van der Waals surface area contributed by atoms with E-state index in [2.05, 4.69) is 0 Å². The molecule has 0 unspecified atom stereocenters. The summed E-state index contributed by atoms with van der Waals surface area (Å²) in [7, 11) is 3.50. The van der Waals surface area contributed by atoms with Crippen LogP contribution >= 0.6 is 0 Å². The van der Waals surface area contributed by atoms with Crippen molar-refractivity contribution in [2.24, 2.45) is 5.92 Å². The van der Waals surface area contributed by atoms with Gasteiger partial charge in [-0.3, -0.25) is 9.59 Å². The number of likely N-dealkylation sites (tertiary alicyclic amines) is 1. The topological polar surface area (TPSA) is 49.9 Å². The number of rotatable bonds is 1. The van der Waals surface area contributed by atoms with E-state index in [1.54, 1.807) is 25.9 Å². The molecule has 0 aromatic carbocycles. The smallest absolute Gasteiger partial charge is 0.227 e. The number of amides is 2. The van der Waals surface area contributed by atoms with Crippen LogP contribution in [0.15, 0.2) is 0 Å². The maximum atomic E-state index is 12.0. The Morgan fingerprint density at radius 3 is 2.65 bits per heavy atom. The van der Waals surface area contributed by atoms with Crippen LogP contribution in [0.5, 0.6) is 0 Å². The van der Waals surface area contributed by atoms with Gasteiger partial charge in [0.2, 0.25) is 11.8 Å². The van der Waals surface area contributed by atoms with Crippen LogP contribution in [-0.2, 0) is 14.3 Å². The van der Waals surface area contributed by atoms with E-state index in [4.69, 9.17) is 4.74 Å². The van der Waals surface area contributed by atoms with E-state index >= 15 is 0 Å². The zero-order chi connectivity index (χ0) is 12.6. The third-order valence-corrected chi connectivity index (χ3v) is 3.70. The van der Waals surface area contributed by atoms with Gasteiger partial charge in [-0.15, -0.1) is 0 Å². The van der Waals surface area contributed by atoms with E-state index in [1.807, 2.05) is 4.90 Å². The van der Waals surface area contributed by atoms with Crippen molar-refractivity contribution < 1.29 is 14.3 Å². The first-order valence-corrected chi connectivity index (χ1v) is 6.10. The quantitative estimate of drug-likeness (QED) is 0.653. The molecule has 2 aliphatic heterocycles. The minimum atomic E-state index is -0.117. The fourth-order valence-corrected chi connectivity index (χ4v) is 2.85. The lowest BCUT2D eigenvalue weighted by Crippen LogP contribution is -2.54. The molecular formula is C12H20N2O3. The van der Waals surface area contributed by atoms with Crippen molar-refractivity contribution in [3.8, 4) is 0 Å². The van der Waals surface area contributed by atoms with Gasteiger partial charge in [0.05, 0.1) is 18.1 Å². The molecule has 0 bridgehead atoms. The van der Waals surface area contributed by atoms with E-state index in [9.17, 15) is 9.59 Å². The normalized spacial score (nSPS) is 32.2. The number of piperidine rings is 1. The Labute approximate surface area is 102 Å². The Morgan fingerprint density at radius 1 is 1.35 bits per heavy atom. The second-order valence-corrected chi connectivity index (χ2v) is 5.10. The Morgan fingerprint density at radius 2 is 2.06 bits per heavy atom. The SMILES string of the molecule is CC(=O)N1C[C@@H](C(=O)N(C)C)C[C@H]2OCC[C@H]21. The number of carbonyl (C=O) groups excluding carboxylic acids is 2. The minimum absolute atomic E-state index is 0.0431. The van der Waals surface area contributed by atoms with Gasteiger partial charge in [0.1, 0.15) is 0 Å². The van der Waals surface area contributed by atoms with Crippen molar-refractivity contribution in [2.45, 2.75) is 31.9 Å². The van der Waals surface area contributed by atoms with E-state index in [1.165, 1.54) is 0 Å². The summed E-state index contributed by atoms with van der Waals surface area (Å²) in [5, 5.41) is 0. The molecule has 5 nitrogen and oxygen atoms in total. The molecule has 0 N–H and O–H groups in total. The maximum absolute atomic E-state index is 12.0. The molecule has 2 saturated heterocycles. The van der Waals surface area contributed by atoms with Gasteiger partial charge in [-0.05, 0) is 12.8 Å². The lowest BCUT2D eigenvalue weighted by Gasteiger charge is -2.40. The third-order valence-electron chi connectivity index (χ3n) is 3.70. The molecule has 0 radical (unpaired) electrons. The van der Waals surface area contributed by atoms with Crippen LogP contribution < -0.4 is 0 Å². The van der Waals surface area contributed by atoms with Crippen LogP contribution in [-0.4, -0.2) is 61.0 Å². The second-order valence-electron chi connectivity index (χ2n) is 5.10. The second kappa shape index (κ2) is 4.64. The summed E-state index contributed by atoms with van der Waals surface area (Å²) in [4.78, 5) is 27.0. The van der Waals surface area contributed by atoms with E-state index in [0.717, 1.165) is 12.8 Å². The highest BCUT2D eigenvalue weighted by atomic mass is 16.5. The Bertz CT molecular complexity index is 330. The van der Waals surface area contributed by atoms with Crippen molar-refractivity contribution in [3.05, 3.63) is 0 Å². The molecule has 0 spiro atoms. The van der Waals surface area contributed by atoms with Crippen LogP contribution in [0.25, 0.3) is 0 Å². The molecule has 2 fully saturated rings. The summed E-state index contributed by atoms with van der Waals surface area (Å²) >= 11 is 0. The molecule has 17 heavy (non-hydrogen) atoms. The largest absolute Gasteiger partial charge is 0.376 e. The monoisotopic (exact) mass is 240 g/mol. The van der Waals surface area contributed by atoms with Crippen molar-refractivity contribution in [1.29, 1.82) is 0 Å². The summed E-state index contributed by atoms with van der Waals surface area (Å²) in [6.07, 6.45) is 1.68. The Hall–Kier alpha value is -1.10. The zero-order valence-corrected chi connectivity index (χ0v) is 10.7. The number of carbonyl (C=O) groups is 2. The molecule has 2 rings (SSSR count). The first kappa shape index (κ1) is 12.4. The van der Waals surface area contributed by atoms with Gasteiger partial charge in [0, 0.05) is 34.2 Å². The average molecular weight is 240 g/mol. The summed E-state index contributed by atoms with van der Waals surface area (Å²) < 4.78 is 5.63. The number of hydrogen-bond acceptors (Lipinski definition) is 3. The van der Waals surface area contributed by atoms with Crippen molar-refractivity contribution in [3.63, 3.8) is 0 Å². The summed E-state index contributed by atoms with van der Waals surface area (Å²) in [5.74, 6) is 0.0141. The highest BCUT2D eigenvalue weighted by Gasteiger charge is 2.43. The number of fused-ring (bicyclic) bond motifs is 1. The minimum Gasteiger partial charge on any atom is -0.376 e. The first-order valence-electron chi connectivity index (χ1n) is 6.10.